The van der Waals surface area contributed by atoms with Crippen molar-refractivity contribution in [1.82, 2.24) is 14.5 Å². The number of aromatic nitrogens is 2. The fraction of sp³-hybridized carbons (Fsp3) is 0.500. The summed E-state index contributed by atoms with van der Waals surface area (Å²) in [5.74, 6) is 1.07. The van der Waals surface area contributed by atoms with Crippen molar-refractivity contribution in [3.63, 3.8) is 0 Å². The third-order valence-electron chi connectivity index (χ3n) is 5.51. The van der Waals surface area contributed by atoms with Gasteiger partial charge in [0.1, 0.15) is 5.82 Å². The summed E-state index contributed by atoms with van der Waals surface area (Å²) in [7, 11) is -3.48. The van der Waals surface area contributed by atoms with E-state index in [1.165, 1.54) is 41.8 Å². The number of piperazine rings is 1. The van der Waals surface area contributed by atoms with Crippen molar-refractivity contribution < 1.29 is 12.8 Å². The SMILES string of the molecule is O=S(=O)(Cc1cccc(F)c1)N1CCN(c2ccc(N3CCCCC3)nn2)CC1. The van der Waals surface area contributed by atoms with E-state index in [2.05, 4.69) is 20.0 Å². The lowest BCUT2D eigenvalue weighted by atomic mass is 10.1. The van der Waals surface area contributed by atoms with Gasteiger partial charge in [-0.15, -0.1) is 10.2 Å². The van der Waals surface area contributed by atoms with E-state index in [-0.39, 0.29) is 5.75 Å². The second-order valence-electron chi connectivity index (χ2n) is 7.57. The van der Waals surface area contributed by atoms with Crippen LogP contribution in [0.4, 0.5) is 16.0 Å². The number of hydrogen-bond acceptors (Lipinski definition) is 6. The van der Waals surface area contributed by atoms with Crippen LogP contribution in [0.25, 0.3) is 0 Å². The Kier molecular flexibility index (Phi) is 5.96. The largest absolute Gasteiger partial charge is 0.355 e. The molecule has 0 aliphatic carbocycles. The number of nitrogens with zero attached hydrogens (tertiary/aromatic N) is 5. The summed E-state index contributed by atoms with van der Waals surface area (Å²) in [6.45, 7) is 3.92. The monoisotopic (exact) mass is 419 g/mol. The predicted octanol–water partition coefficient (Wildman–Crippen LogP) is 2.26. The molecule has 0 radical (unpaired) electrons. The van der Waals surface area contributed by atoms with Gasteiger partial charge >= 0.3 is 0 Å². The molecule has 2 aliphatic heterocycles. The molecule has 2 aromatic rings. The van der Waals surface area contributed by atoms with Crippen molar-refractivity contribution >= 4 is 21.7 Å². The molecule has 2 fully saturated rings. The molecule has 0 atom stereocenters. The van der Waals surface area contributed by atoms with Gasteiger partial charge in [-0.25, -0.2) is 12.8 Å². The highest BCUT2D eigenvalue weighted by atomic mass is 32.2. The van der Waals surface area contributed by atoms with E-state index in [0.717, 1.165) is 24.7 Å². The number of benzene rings is 1. The Bertz CT molecular complexity index is 924. The van der Waals surface area contributed by atoms with E-state index in [9.17, 15) is 12.8 Å². The van der Waals surface area contributed by atoms with Gasteiger partial charge in [-0.2, -0.15) is 4.31 Å². The number of halogens is 1. The molecular formula is C20H26FN5O2S. The first-order chi connectivity index (χ1) is 14.0. The molecule has 0 unspecified atom stereocenters. The fourth-order valence-electron chi connectivity index (χ4n) is 3.90. The minimum atomic E-state index is -3.48. The molecule has 7 nitrogen and oxygen atoms in total. The molecule has 0 N–H and O–H groups in total. The maximum Gasteiger partial charge on any atom is 0.218 e. The van der Waals surface area contributed by atoms with Crippen molar-refractivity contribution in [2.24, 2.45) is 0 Å². The van der Waals surface area contributed by atoms with Crippen LogP contribution in [0.15, 0.2) is 36.4 Å². The van der Waals surface area contributed by atoms with E-state index in [4.69, 9.17) is 0 Å². The predicted molar refractivity (Wildman–Crippen MR) is 111 cm³/mol. The summed E-state index contributed by atoms with van der Waals surface area (Å²) >= 11 is 0. The molecule has 0 bridgehead atoms. The first kappa shape index (κ1) is 20.0. The lowest BCUT2D eigenvalue weighted by molar-refractivity contribution is 0.383. The van der Waals surface area contributed by atoms with Crippen molar-refractivity contribution in [3.8, 4) is 0 Å². The lowest BCUT2D eigenvalue weighted by Gasteiger charge is -2.34. The molecule has 2 saturated heterocycles. The maximum atomic E-state index is 13.3. The van der Waals surface area contributed by atoms with Gasteiger partial charge in [-0.3, -0.25) is 0 Å². The Morgan fingerprint density at radius 3 is 2.03 bits per heavy atom. The second-order valence-corrected chi connectivity index (χ2v) is 9.54. The molecule has 4 rings (SSSR count). The van der Waals surface area contributed by atoms with Gasteiger partial charge in [0.25, 0.3) is 0 Å². The van der Waals surface area contributed by atoms with E-state index < -0.39 is 15.8 Å². The Balaban J connectivity index is 1.35. The average molecular weight is 420 g/mol. The summed E-state index contributed by atoms with van der Waals surface area (Å²) < 4.78 is 40.2. The molecule has 156 valence electrons. The number of rotatable bonds is 5. The molecule has 1 aromatic carbocycles. The number of sulfonamides is 1. The van der Waals surface area contributed by atoms with Crippen LogP contribution in [0.1, 0.15) is 24.8 Å². The van der Waals surface area contributed by atoms with Crippen molar-refractivity contribution in [2.75, 3.05) is 49.1 Å². The lowest BCUT2D eigenvalue weighted by Crippen LogP contribution is -2.49. The van der Waals surface area contributed by atoms with Crippen molar-refractivity contribution in [3.05, 3.63) is 47.8 Å². The Labute approximate surface area is 171 Å². The minimum Gasteiger partial charge on any atom is -0.355 e. The Morgan fingerprint density at radius 1 is 0.828 bits per heavy atom. The van der Waals surface area contributed by atoms with Gasteiger partial charge < -0.3 is 9.80 Å². The normalized spacial score (nSPS) is 18.8. The molecule has 9 heteroatoms. The van der Waals surface area contributed by atoms with E-state index in [1.807, 2.05) is 12.1 Å². The molecule has 29 heavy (non-hydrogen) atoms. The fourth-order valence-corrected chi connectivity index (χ4v) is 5.41. The van der Waals surface area contributed by atoms with Crippen LogP contribution in [0.2, 0.25) is 0 Å². The minimum absolute atomic E-state index is 0.185. The molecule has 3 heterocycles. The average Bonchev–Trinajstić information content (AvgIpc) is 2.74. The topological polar surface area (TPSA) is 69.6 Å². The van der Waals surface area contributed by atoms with E-state index in [1.54, 1.807) is 6.07 Å². The van der Waals surface area contributed by atoms with Crippen LogP contribution in [-0.2, 0) is 15.8 Å². The highest BCUT2D eigenvalue weighted by Gasteiger charge is 2.28. The molecule has 0 amide bonds. The van der Waals surface area contributed by atoms with Crippen LogP contribution in [-0.4, -0.2) is 62.2 Å². The molecule has 2 aliphatic rings. The van der Waals surface area contributed by atoms with Gasteiger partial charge in [0.2, 0.25) is 10.0 Å². The Hall–Kier alpha value is -2.26. The third kappa shape index (κ3) is 4.84. The first-order valence-corrected chi connectivity index (χ1v) is 11.7. The number of hydrogen-bond donors (Lipinski definition) is 0. The third-order valence-corrected chi connectivity index (χ3v) is 7.36. The Morgan fingerprint density at radius 2 is 1.45 bits per heavy atom. The van der Waals surface area contributed by atoms with Crippen molar-refractivity contribution in [2.45, 2.75) is 25.0 Å². The van der Waals surface area contributed by atoms with Gasteiger partial charge in [0.05, 0.1) is 5.75 Å². The van der Waals surface area contributed by atoms with Gasteiger partial charge in [0, 0.05) is 39.3 Å². The quantitative estimate of drug-likeness (QED) is 0.741. The number of piperidine rings is 1. The molecular weight excluding hydrogens is 393 g/mol. The summed E-state index contributed by atoms with van der Waals surface area (Å²) in [6.07, 6.45) is 3.65. The summed E-state index contributed by atoms with van der Waals surface area (Å²) in [4.78, 5) is 4.32. The summed E-state index contributed by atoms with van der Waals surface area (Å²) in [5.41, 5.74) is 0.464. The zero-order valence-corrected chi connectivity index (χ0v) is 17.2. The zero-order chi connectivity index (χ0) is 20.3. The smallest absolute Gasteiger partial charge is 0.218 e. The molecule has 1 aromatic heterocycles. The van der Waals surface area contributed by atoms with Gasteiger partial charge in [-0.05, 0) is 49.1 Å². The van der Waals surface area contributed by atoms with Crippen molar-refractivity contribution in [1.29, 1.82) is 0 Å². The van der Waals surface area contributed by atoms with Gasteiger partial charge in [0.15, 0.2) is 11.6 Å². The summed E-state index contributed by atoms with van der Waals surface area (Å²) in [6, 6.07) is 9.72. The van der Waals surface area contributed by atoms with Crippen LogP contribution < -0.4 is 9.80 Å². The standard InChI is InChI=1S/C20H26FN5O2S/c21-18-6-4-5-17(15-18)16-29(27,28)26-13-11-25(12-14-26)20-8-7-19(22-23-20)24-9-2-1-3-10-24/h4-8,15H,1-3,9-14,16H2. The number of anilines is 2. The first-order valence-electron chi connectivity index (χ1n) is 10.1. The van der Waals surface area contributed by atoms with Crippen LogP contribution in [0.5, 0.6) is 0 Å². The zero-order valence-electron chi connectivity index (χ0n) is 16.4. The maximum absolute atomic E-state index is 13.3. The molecule has 0 spiro atoms. The molecule has 0 saturated carbocycles. The van der Waals surface area contributed by atoms with Crippen LogP contribution in [0.3, 0.4) is 0 Å². The van der Waals surface area contributed by atoms with Crippen LogP contribution in [0, 0.1) is 5.82 Å². The summed E-state index contributed by atoms with van der Waals surface area (Å²) in [5, 5.41) is 8.74. The highest BCUT2D eigenvalue weighted by molar-refractivity contribution is 7.88. The highest BCUT2D eigenvalue weighted by Crippen LogP contribution is 2.21. The van der Waals surface area contributed by atoms with Gasteiger partial charge in [-0.1, -0.05) is 12.1 Å². The van der Waals surface area contributed by atoms with Crippen LogP contribution >= 0.6 is 0 Å². The van der Waals surface area contributed by atoms with E-state index in [0.29, 0.717) is 31.7 Å². The second kappa shape index (κ2) is 8.62. The van der Waals surface area contributed by atoms with E-state index >= 15 is 0 Å².